The van der Waals surface area contributed by atoms with Crippen molar-refractivity contribution in [3.8, 4) is 62.3 Å². The van der Waals surface area contributed by atoms with Crippen molar-refractivity contribution in [2.24, 2.45) is 0 Å². The quantitative estimate of drug-likeness (QED) is 0.179. The van der Waals surface area contributed by atoms with Crippen molar-refractivity contribution in [1.29, 1.82) is 10.5 Å². The normalized spacial score (nSPS) is 10.8. The monoisotopic (exact) mass is 625 g/mol. The predicted octanol–water partition coefficient (Wildman–Crippen LogP) is 12.0. The third-order valence-corrected chi connectivity index (χ3v) is 9.08. The summed E-state index contributed by atoms with van der Waals surface area (Å²) in [5.41, 5.74) is 12.4. The molecule has 1 heterocycles. The lowest BCUT2D eigenvalue weighted by molar-refractivity contribution is 1.17. The Morgan fingerprint density at radius 1 is 0.469 bits per heavy atom. The van der Waals surface area contributed by atoms with Gasteiger partial charge in [-0.05, 0) is 99.1 Å². The molecular weight excluding hydrogens is 597 g/mol. The first-order valence-electron chi connectivity index (χ1n) is 15.9. The van der Waals surface area contributed by atoms with Crippen LogP contribution in [-0.2, 0) is 0 Å². The van der Waals surface area contributed by atoms with Crippen molar-refractivity contribution < 1.29 is 1.43 Å². The Morgan fingerprint density at radius 3 is 1.71 bits per heavy atom. The smallest absolute Gasteiger partial charge is 0.188 e. The highest BCUT2D eigenvalue weighted by Gasteiger charge is 2.18. The molecule has 0 saturated carbocycles. The first-order valence-corrected chi connectivity index (χ1v) is 15.9. The summed E-state index contributed by atoms with van der Waals surface area (Å²) in [5, 5.41) is 22.3. The van der Waals surface area contributed by atoms with Crippen LogP contribution >= 0.6 is 0 Å². The topological polar surface area (TPSA) is 56.9 Å². The standard InChI is InChI=1S/C45H26N4.H2/c1-48-39-19-20-40(38(25-39)29-47)33-18-21-44-42(26-33)41-14-8-9-15-43(41)49(44)45-27-32(16-17-34(45)28-46)37-23-35(30-10-4-2-5-11-30)22-36(24-37)31-12-6-3-7-13-31;/h2-27H;1H/i;1+1. The second-order valence-corrected chi connectivity index (χ2v) is 11.9. The van der Waals surface area contributed by atoms with Crippen LogP contribution in [0.15, 0.2) is 158 Å². The van der Waals surface area contributed by atoms with Gasteiger partial charge in [0.1, 0.15) is 6.07 Å². The highest BCUT2D eigenvalue weighted by Crippen LogP contribution is 2.39. The van der Waals surface area contributed by atoms with Gasteiger partial charge in [0, 0.05) is 17.8 Å². The molecule has 1 aromatic heterocycles. The van der Waals surface area contributed by atoms with Crippen molar-refractivity contribution >= 4 is 27.5 Å². The van der Waals surface area contributed by atoms with Crippen LogP contribution in [0.4, 0.5) is 5.69 Å². The van der Waals surface area contributed by atoms with E-state index in [1.807, 2.05) is 48.5 Å². The molecule has 4 nitrogen and oxygen atoms in total. The van der Waals surface area contributed by atoms with Crippen molar-refractivity contribution in [2.75, 3.05) is 0 Å². The summed E-state index contributed by atoms with van der Waals surface area (Å²) in [7, 11) is 0. The summed E-state index contributed by atoms with van der Waals surface area (Å²) in [5.74, 6) is 0. The molecule has 228 valence electrons. The van der Waals surface area contributed by atoms with Gasteiger partial charge in [0.15, 0.2) is 5.69 Å². The van der Waals surface area contributed by atoms with E-state index in [9.17, 15) is 10.5 Å². The fourth-order valence-electron chi connectivity index (χ4n) is 6.73. The maximum atomic E-state index is 10.4. The zero-order chi connectivity index (χ0) is 33.3. The number of rotatable bonds is 5. The lowest BCUT2D eigenvalue weighted by Gasteiger charge is -2.15. The van der Waals surface area contributed by atoms with E-state index in [0.717, 1.165) is 72.0 Å². The molecule has 0 saturated heterocycles. The second-order valence-electron chi connectivity index (χ2n) is 11.9. The van der Waals surface area contributed by atoms with Gasteiger partial charge in [-0.3, -0.25) is 0 Å². The molecule has 0 aliphatic rings. The van der Waals surface area contributed by atoms with Crippen LogP contribution in [0.5, 0.6) is 0 Å². The summed E-state index contributed by atoms with van der Waals surface area (Å²) in [6.07, 6.45) is 0. The van der Waals surface area contributed by atoms with Gasteiger partial charge in [-0.25, -0.2) is 4.85 Å². The van der Waals surface area contributed by atoms with Crippen molar-refractivity contribution in [3.05, 3.63) is 180 Å². The Bertz CT molecular complexity index is 2630. The largest absolute Gasteiger partial charge is 0.308 e. The van der Waals surface area contributed by atoms with E-state index < -0.39 is 0 Å². The maximum Gasteiger partial charge on any atom is 0.188 e. The Labute approximate surface area is 285 Å². The van der Waals surface area contributed by atoms with Crippen LogP contribution in [0.3, 0.4) is 0 Å². The van der Waals surface area contributed by atoms with Gasteiger partial charge in [-0.1, -0.05) is 103 Å². The van der Waals surface area contributed by atoms with E-state index in [1.54, 1.807) is 12.1 Å². The molecular formula is C45H28N4. The fourth-order valence-corrected chi connectivity index (χ4v) is 6.73. The van der Waals surface area contributed by atoms with E-state index in [2.05, 4.69) is 119 Å². The molecule has 0 amide bonds. The van der Waals surface area contributed by atoms with E-state index in [1.165, 1.54) is 0 Å². The molecule has 4 heteroatoms. The van der Waals surface area contributed by atoms with Crippen molar-refractivity contribution in [1.82, 2.24) is 4.57 Å². The molecule has 0 atom stereocenters. The van der Waals surface area contributed by atoms with Crippen molar-refractivity contribution in [3.63, 3.8) is 0 Å². The first-order chi connectivity index (χ1) is 24.1. The number of nitrogens with zero attached hydrogens (tertiary/aromatic N) is 4. The van der Waals surface area contributed by atoms with E-state index in [4.69, 9.17) is 6.57 Å². The van der Waals surface area contributed by atoms with E-state index >= 15 is 0 Å². The lowest BCUT2D eigenvalue weighted by atomic mass is 9.93. The fraction of sp³-hybridized carbons (Fsp3) is 0. The molecule has 8 aromatic rings. The maximum absolute atomic E-state index is 10.4. The summed E-state index contributed by atoms with van der Waals surface area (Å²) in [4.78, 5) is 3.50. The average molecular weight is 626 g/mol. The Hall–Kier alpha value is -7.19. The van der Waals surface area contributed by atoms with Crippen LogP contribution in [0.25, 0.3) is 76.8 Å². The Morgan fingerprint density at radius 2 is 1.06 bits per heavy atom. The third-order valence-electron chi connectivity index (χ3n) is 9.08. The van der Waals surface area contributed by atoms with E-state index in [-0.39, 0.29) is 1.43 Å². The zero-order valence-electron chi connectivity index (χ0n) is 26.3. The van der Waals surface area contributed by atoms with Crippen LogP contribution in [0, 0.1) is 29.2 Å². The minimum Gasteiger partial charge on any atom is -0.308 e. The molecule has 0 spiro atoms. The SMILES string of the molecule is [2HH].[C-]#[N+]c1ccc(-c2ccc3c(c2)c2ccccc2n3-c2cc(-c3cc(-c4ccccc4)cc(-c4ccccc4)c3)ccc2C#N)c(C#N)c1. The van der Waals surface area contributed by atoms with Crippen LogP contribution in [-0.4, -0.2) is 4.57 Å². The number of hydrogen-bond donors (Lipinski definition) is 0. The molecule has 8 rings (SSSR count). The highest BCUT2D eigenvalue weighted by molar-refractivity contribution is 6.11. The molecule has 0 bridgehead atoms. The predicted molar refractivity (Wildman–Crippen MR) is 200 cm³/mol. The Balaban J connectivity index is 0.00000392. The molecule has 0 unspecified atom stereocenters. The van der Waals surface area contributed by atoms with Crippen molar-refractivity contribution in [2.45, 2.75) is 0 Å². The summed E-state index contributed by atoms with van der Waals surface area (Å²) in [6, 6.07) is 57.9. The van der Waals surface area contributed by atoms with Gasteiger partial charge < -0.3 is 4.57 Å². The lowest BCUT2D eigenvalue weighted by Crippen LogP contribution is -1.98. The number of nitriles is 2. The third kappa shape index (κ3) is 5.19. The number of aromatic nitrogens is 1. The summed E-state index contributed by atoms with van der Waals surface area (Å²) in [6.45, 7) is 7.37. The van der Waals surface area contributed by atoms with Gasteiger partial charge >= 0.3 is 0 Å². The van der Waals surface area contributed by atoms with Gasteiger partial charge in [0.05, 0.1) is 34.9 Å². The molecule has 0 fully saturated rings. The number of benzene rings is 7. The van der Waals surface area contributed by atoms with Gasteiger partial charge in [0.25, 0.3) is 0 Å². The molecule has 49 heavy (non-hydrogen) atoms. The van der Waals surface area contributed by atoms with Crippen LogP contribution < -0.4 is 0 Å². The van der Waals surface area contributed by atoms with Gasteiger partial charge in [-0.15, -0.1) is 0 Å². The molecule has 7 aromatic carbocycles. The average Bonchev–Trinajstić information content (AvgIpc) is 3.51. The molecule has 0 aliphatic carbocycles. The number of hydrogen-bond acceptors (Lipinski definition) is 2. The minimum absolute atomic E-state index is 0. The second kappa shape index (κ2) is 12.2. The highest BCUT2D eigenvalue weighted by atomic mass is 15.0. The Kier molecular flexibility index (Phi) is 7.28. The van der Waals surface area contributed by atoms with E-state index in [0.29, 0.717) is 16.8 Å². The number of fused-ring (bicyclic) bond motifs is 3. The zero-order valence-corrected chi connectivity index (χ0v) is 26.3. The van der Waals surface area contributed by atoms with Gasteiger partial charge in [0.2, 0.25) is 0 Å². The molecule has 0 aliphatic heterocycles. The summed E-state index contributed by atoms with van der Waals surface area (Å²) < 4.78 is 2.17. The molecule has 0 N–H and O–H groups in total. The summed E-state index contributed by atoms with van der Waals surface area (Å²) >= 11 is 0. The first kappa shape index (κ1) is 29.2. The molecule has 0 radical (unpaired) electrons. The van der Waals surface area contributed by atoms with Crippen LogP contribution in [0.1, 0.15) is 12.6 Å². The van der Waals surface area contributed by atoms with Crippen LogP contribution in [0.2, 0.25) is 0 Å². The van der Waals surface area contributed by atoms with Gasteiger partial charge in [-0.2, -0.15) is 10.5 Å². The number of para-hydroxylation sites is 1. The minimum atomic E-state index is 0.